The molecule has 0 N–H and O–H groups in total. The Morgan fingerprint density at radius 3 is 2.82 bits per heavy atom. The van der Waals surface area contributed by atoms with E-state index in [2.05, 4.69) is 36.5 Å². The zero-order chi connectivity index (χ0) is 7.84. The van der Waals surface area contributed by atoms with Gasteiger partial charge in [0.15, 0.2) is 4.90 Å². The highest BCUT2D eigenvalue weighted by atomic mass is 32.2. The molecule has 0 aromatic heterocycles. The maximum Gasteiger partial charge on any atom is 0.272 e. The molecule has 0 bridgehead atoms. The van der Waals surface area contributed by atoms with Crippen molar-refractivity contribution in [3.05, 3.63) is 23.3 Å². The van der Waals surface area contributed by atoms with Gasteiger partial charge in [-0.05, 0) is 31.0 Å². The van der Waals surface area contributed by atoms with Gasteiger partial charge in [0.1, 0.15) is 11.8 Å². The summed E-state index contributed by atoms with van der Waals surface area (Å²) in [6.07, 6.45) is 0. The summed E-state index contributed by atoms with van der Waals surface area (Å²) >= 11 is 1.57. The summed E-state index contributed by atoms with van der Waals surface area (Å²) < 4.78 is 0. The number of rotatable bonds is 0. The lowest BCUT2D eigenvalue weighted by Gasteiger charge is -1.95. The van der Waals surface area contributed by atoms with Crippen LogP contribution in [0.3, 0.4) is 0 Å². The number of hydrogen-bond acceptors (Lipinski definition) is 2. The normalized spacial score (nSPS) is 12.9. The van der Waals surface area contributed by atoms with Crippen LogP contribution in [0.1, 0.15) is 11.1 Å². The molecule has 0 fully saturated rings. The van der Waals surface area contributed by atoms with Gasteiger partial charge in [0.05, 0.1) is 6.07 Å². The van der Waals surface area contributed by atoms with Gasteiger partial charge in [-0.1, -0.05) is 0 Å². The maximum absolute atomic E-state index is 4.11. The minimum Gasteiger partial charge on any atom is -0.0432 e. The number of nitrogens with zero attached hydrogens (tertiary/aromatic N) is 1. The van der Waals surface area contributed by atoms with Crippen LogP contribution in [-0.2, 0) is 0 Å². The Hall–Kier alpha value is -0.850. The molecule has 0 unspecified atom stereocenters. The number of thioether (sulfide) groups is 1. The Bertz CT molecular complexity index is 329. The van der Waals surface area contributed by atoms with Gasteiger partial charge >= 0.3 is 0 Å². The van der Waals surface area contributed by atoms with Crippen molar-refractivity contribution in [1.29, 1.82) is 0 Å². The van der Waals surface area contributed by atoms with Crippen molar-refractivity contribution in [3.8, 4) is 0 Å². The molecule has 1 aromatic carbocycles. The molecule has 0 atom stereocenters. The third-order valence-corrected chi connectivity index (χ3v) is 2.63. The molecule has 0 radical (unpaired) electrons. The van der Waals surface area contributed by atoms with E-state index in [1.807, 2.05) is 0 Å². The van der Waals surface area contributed by atoms with Crippen molar-refractivity contribution in [2.24, 2.45) is 4.99 Å². The molecule has 0 saturated carbocycles. The predicted molar refractivity (Wildman–Crippen MR) is 48.9 cm³/mol. The number of aryl methyl sites for hydroxylation is 2. The smallest absolute Gasteiger partial charge is 0.0432 e. The molecule has 0 amide bonds. The monoisotopic (exact) mass is 162 g/mol. The third-order valence-electron chi connectivity index (χ3n) is 1.90. The second kappa shape index (κ2) is 2.33. The van der Waals surface area contributed by atoms with E-state index in [1.54, 1.807) is 11.8 Å². The van der Waals surface area contributed by atoms with E-state index in [0.29, 0.717) is 0 Å². The SMILES string of the molecule is Cc1cc2c(cc1C)S[C+]=N2. The summed E-state index contributed by atoms with van der Waals surface area (Å²) in [4.78, 5) is 5.34. The molecule has 1 aromatic rings. The van der Waals surface area contributed by atoms with Gasteiger partial charge in [-0.2, -0.15) is 0 Å². The van der Waals surface area contributed by atoms with Gasteiger partial charge in [0.25, 0.3) is 5.55 Å². The van der Waals surface area contributed by atoms with E-state index >= 15 is 0 Å². The molecule has 2 heteroatoms. The predicted octanol–water partition coefficient (Wildman–Crippen LogP) is 2.95. The molecule has 11 heavy (non-hydrogen) atoms. The third kappa shape index (κ3) is 1.05. The van der Waals surface area contributed by atoms with Crippen molar-refractivity contribution in [2.45, 2.75) is 18.7 Å². The van der Waals surface area contributed by atoms with E-state index < -0.39 is 0 Å². The minimum absolute atomic E-state index is 1.07. The van der Waals surface area contributed by atoms with Crippen LogP contribution >= 0.6 is 11.8 Å². The minimum atomic E-state index is 1.07. The van der Waals surface area contributed by atoms with Crippen LogP contribution in [0.2, 0.25) is 0 Å². The molecule has 54 valence electrons. The molecule has 1 aliphatic rings. The highest BCUT2D eigenvalue weighted by Crippen LogP contribution is 2.35. The number of benzene rings is 1. The van der Waals surface area contributed by atoms with Crippen LogP contribution in [0.5, 0.6) is 0 Å². The van der Waals surface area contributed by atoms with Crippen LogP contribution in [0, 0.1) is 13.8 Å². The zero-order valence-electron chi connectivity index (χ0n) is 6.51. The number of hydrogen-bond donors (Lipinski definition) is 0. The van der Waals surface area contributed by atoms with E-state index in [4.69, 9.17) is 0 Å². The van der Waals surface area contributed by atoms with Crippen molar-refractivity contribution < 1.29 is 0 Å². The van der Waals surface area contributed by atoms with Crippen LogP contribution in [0.4, 0.5) is 5.69 Å². The van der Waals surface area contributed by atoms with Crippen LogP contribution in [0.15, 0.2) is 22.0 Å². The quantitative estimate of drug-likeness (QED) is 0.534. The van der Waals surface area contributed by atoms with Crippen molar-refractivity contribution in [2.75, 3.05) is 0 Å². The number of aliphatic imine (C=N–C) groups is 1. The lowest BCUT2D eigenvalue weighted by molar-refractivity contribution is 1.27. The molecular formula is C9H8NS+. The Kier molecular flexibility index (Phi) is 1.45. The lowest BCUT2D eigenvalue weighted by Crippen LogP contribution is -1.79. The van der Waals surface area contributed by atoms with E-state index in [1.165, 1.54) is 16.0 Å². The van der Waals surface area contributed by atoms with E-state index in [-0.39, 0.29) is 0 Å². The zero-order valence-corrected chi connectivity index (χ0v) is 7.33. The average molecular weight is 162 g/mol. The first-order valence-electron chi connectivity index (χ1n) is 3.51. The van der Waals surface area contributed by atoms with Crippen LogP contribution in [-0.4, -0.2) is 5.55 Å². The standard InChI is InChI=1S/C9H8NS/c1-6-3-8-9(4-7(6)2)11-5-10-8/h3-4H,1-2H3/q+1. The summed E-state index contributed by atoms with van der Waals surface area (Å²) in [6, 6.07) is 4.27. The van der Waals surface area contributed by atoms with Crippen LogP contribution < -0.4 is 0 Å². The first kappa shape index (κ1) is 6.84. The average Bonchev–Trinajstić information content (AvgIpc) is 2.36. The molecule has 0 spiro atoms. The van der Waals surface area contributed by atoms with Crippen molar-refractivity contribution in [1.82, 2.24) is 0 Å². The van der Waals surface area contributed by atoms with E-state index in [9.17, 15) is 0 Å². The summed E-state index contributed by atoms with van der Waals surface area (Å²) in [5, 5.41) is 0. The second-order valence-electron chi connectivity index (χ2n) is 2.71. The first-order chi connectivity index (χ1) is 5.27. The molecule has 1 nitrogen and oxygen atoms in total. The Morgan fingerprint density at radius 2 is 2.00 bits per heavy atom. The number of fused-ring (bicyclic) bond motifs is 1. The topological polar surface area (TPSA) is 12.4 Å². The molecule has 0 saturated heterocycles. The molecule has 1 aliphatic heterocycles. The highest BCUT2D eigenvalue weighted by Gasteiger charge is 2.20. The Balaban J connectivity index is 2.63. The largest absolute Gasteiger partial charge is 0.272 e. The summed E-state index contributed by atoms with van der Waals surface area (Å²) in [5.74, 6) is 0. The van der Waals surface area contributed by atoms with Gasteiger partial charge in [-0.15, -0.1) is 0 Å². The van der Waals surface area contributed by atoms with Crippen LogP contribution in [0.25, 0.3) is 0 Å². The molecule has 0 aliphatic carbocycles. The van der Waals surface area contributed by atoms with Gasteiger partial charge in [-0.3, -0.25) is 0 Å². The van der Waals surface area contributed by atoms with Crippen molar-refractivity contribution in [3.63, 3.8) is 0 Å². The Labute approximate surface area is 70.5 Å². The Morgan fingerprint density at radius 1 is 1.27 bits per heavy atom. The van der Waals surface area contributed by atoms with Gasteiger partial charge in [-0.25, -0.2) is 0 Å². The molecular weight excluding hydrogens is 154 g/mol. The fraction of sp³-hybridized carbons (Fsp3) is 0.222. The molecule has 1 heterocycles. The van der Waals surface area contributed by atoms with Crippen molar-refractivity contribution >= 4 is 23.0 Å². The van der Waals surface area contributed by atoms with E-state index in [0.717, 1.165) is 5.69 Å². The summed E-state index contributed by atoms with van der Waals surface area (Å²) in [7, 11) is 0. The van der Waals surface area contributed by atoms with Gasteiger partial charge in [0.2, 0.25) is 5.69 Å². The maximum atomic E-state index is 4.11. The molecule has 2 rings (SSSR count). The first-order valence-corrected chi connectivity index (χ1v) is 4.33. The fourth-order valence-corrected chi connectivity index (χ4v) is 1.75. The van der Waals surface area contributed by atoms with Gasteiger partial charge in [0, 0.05) is 4.99 Å². The lowest BCUT2D eigenvalue weighted by atomic mass is 10.1. The highest BCUT2D eigenvalue weighted by molar-refractivity contribution is 8.12. The fourth-order valence-electron chi connectivity index (χ4n) is 1.06. The second-order valence-corrected chi connectivity index (χ2v) is 3.54. The van der Waals surface area contributed by atoms with Gasteiger partial charge < -0.3 is 0 Å². The summed E-state index contributed by atoms with van der Waals surface area (Å²) in [5.41, 5.74) is 6.58. The summed E-state index contributed by atoms with van der Waals surface area (Å²) in [6.45, 7) is 4.22.